The minimum atomic E-state index is -3.94. The van der Waals surface area contributed by atoms with E-state index in [-0.39, 0.29) is 10.0 Å². The summed E-state index contributed by atoms with van der Waals surface area (Å²) in [6.07, 6.45) is 3.22. The molecule has 0 aromatic carbocycles. The highest BCUT2D eigenvalue weighted by Crippen LogP contribution is 2.35. The number of pyridine rings is 1. The highest BCUT2D eigenvalue weighted by Gasteiger charge is 2.30. The molecule has 0 spiro atoms. The largest absolute Gasteiger partial charge is 0.441 e. The Morgan fingerprint density at radius 3 is 2.67 bits per heavy atom. The van der Waals surface area contributed by atoms with Crippen molar-refractivity contribution in [1.29, 1.82) is 0 Å². The number of amides is 1. The third kappa shape index (κ3) is 5.11. The molecule has 4 heterocycles. The lowest BCUT2D eigenvalue weighted by Crippen LogP contribution is -2.42. The smallest absolute Gasteiger partial charge is 0.273 e. The van der Waals surface area contributed by atoms with Crippen LogP contribution in [0.5, 0.6) is 0 Å². The highest BCUT2D eigenvalue weighted by molar-refractivity contribution is 7.92. The van der Waals surface area contributed by atoms with E-state index in [1.807, 2.05) is 11.8 Å². The first-order chi connectivity index (χ1) is 15.7. The lowest BCUT2D eigenvalue weighted by molar-refractivity contribution is -0.123. The van der Waals surface area contributed by atoms with E-state index >= 15 is 0 Å². The predicted molar refractivity (Wildman–Crippen MR) is 128 cm³/mol. The van der Waals surface area contributed by atoms with E-state index in [2.05, 4.69) is 14.7 Å². The Labute approximate surface area is 205 Å². The number of nitrogens with one attached hydrogen (secondary N) is 1. The molecule has 0 saturated carbocycles. The monoisotopic (exact) mass is 529 g/mol. The van der Waals surface area contributed by atoms with Crippen LogP contribution in [0.15, 0.2) is 33.0 Å². The van der Waals surface area contributed by atoms with Crippen LogP contribution < -0.4 is 15.4 Å². The second-order valence-electron chi connectivity index (χ2n) is 7.50. The molecule has 1 amide bonds. The quantitative estimate of drug-likeness (QED) is 0.490. The number of hydrogen-bond donors (Lipinski definition) is 2. The van der Waals surface area contributed by atoms with Gasteiger partial charge in [0.05, 0.1) is 21.1 Å². The van der Waals surface area contributed by atoms with E-state index in [1.54, 1.807) is 12.3 Å². The number of nitrogen functional groups attached to an aromatic ring is 1. The van der Waals surface area contributed by atoms with E-state index in [4.69, 9.17) is 33.4 Å². The van der Waals surface area contributed by atoms with Gasteiger partial charge in [0.15, 0.2) is 0 Å². The Kier molecular flexibility index (Phi) is 6.85. The number of halogens is 2. The minimum Gasteiger partial charge on any atom is -0.441 e. The van der Waals surface area contributed by atoms with Crippen molar-refractivity contribution in [3.8, 4) is 11.5 Å². The molecule has 13 heteroatoms. The summed E-state index contributed by atoms with van der Waals surface area (Å²) in [5, 5.41) is 0.385. The number of piperidine rings is 1. The van der Waals surface area contributed by atoms with E-state index in [0.717, 1.165) is 17.1 Å². The zero-order valence-corrected chi connectivity index (χ0v) is 20.7. The number of hydrogen-bond acceptors (Lipinski definition) is 9. The maximum atomic E-state index is 12.6. The molecule has 0 atom stereocenters. The van der Waals surface area contributed by atoms with Crippen molar-refractivity contribution in [2.24, 2.45) is 5.92 Å². The number of nitrogens with two attached hydrogens (primary N) is 1. The van der Waals surface area contributed by atoms with Crippen LogP contribution in [0.3, 0.4) is 0 Å². The first-order valence-electron chi connectivity index (χ1n) is 10.2. The molecule has 1 saturated heterocycles. The Bertz CT molecular complexity index is 1280. The molecule has 1 aliphatic heterocycles. The van der Waals surface area contributed by atoms with E-state index in [9.17, 15) is 13.2 Å². The molecule has 0 radical (unpaired) electrons. The molecule has 3 aromatic rings. The average molecular weight is 530 g/mol. The zero-order chi connectivity index (χ0) is 23.8. The second-order valence-corrected chi connectivity index (χ2v) is 11.5. The fourth-order valence-electron chi connectivity index (χ4n) is 3.54. The van der Waals surface area contributed by atoms with Crippen molar-refractivity contribution in [3.05, 3.63) is 39.5 Å². The number of carbonyl (C=O) groups is 1. The number of oxazole rings is 1. The topological polar surface area (TPSA) is 131 Å². The van der Waals surface area contributed by atoms with Crippen molar-refractivity contribution in [2.45, 2.75) is 30.4 Å². The fourth-order valence-corrected chi connectivity index (χ4v) is 6.34. The van der Waals surface area contributed by atoms with Crippen LogP contribution in [0.4, 0.5) is 11.6 Å². The lowest BCUT2D eigenvalue weighted by Gasteiger charge is -2.32. The van der Waals surface area contributed by atoms with Gasteiger partial charge >= 0.3 is 0 Å². The molecule has 0 aliphatic carbocycles. The Morgan fingerprint density at radius 2 is 2.06 bits per heavy atom. The van der Waals surface area contributed by atoms with E-state index < -0.39 is 21.8 Å². The standard InChI is InChI=1S/C20H21Cl2N5O4S2/c1-2-12-10-24-20(31-12)13-9-14(21)18(25-17(13)23)27-7-5-11(6-8-27)19(28)26-33(29,30)16-4-3-15(22)32-16/h3-4,9-11H,2,5-8H2,1H3,(H2,23,25)(H,26,28). The summed E-state index contributed by atoms with van der Waals surface area (Å²) >= 11 is 13.2. The summed E-state index contributed by atoms with van der Waals surface area (Å²) < 4.78 is 32.9. The predicted octanol–water partition coefficient (Wildman–Crippen LogP) is 3.97. The lowest BCUT2D eigenvalue weighted by atomic mass is 9.96. The van der Waals surface area contributed by atoms with Gasteiger partial charge in [-0.25, -0.2) is 23.1 Å². The molecular weight excluding hydrogens is 509 g/mol. The molecule has 0 unspecified atom stereocenters. The molecule has 33 heavy (non-hydrogen) atoms. The van der Waals surface area contributed by atoms with Gasteiger partial charge < -0.3 is 15.1 Å². The molecular formula is C20H21Cl2N5O4S2. The van der Waals surface area contributed by atoms with Crippen LogP contribution in [0, 0.1) is 5.92 Å². The van der Waals surface area contributed by atoms with Crippen molar-refractivity contribution in [2.75, 3.05) is 23.7 Å². The zero-order valence-electron chi connectivity index (χ0n) is 17.5. The maximum absolute atomic E-state index is 12.6. The summed E-state index contributed by atoms with van der Waals surface area (Å²) in [5.41, 5.74) is 6.66. The first kappa shape index (κ1) is 23.8. The van der Waals surface area contributed by atoms with Gasteiger partial charge in [0.2, 0.25) is 11.8 Å². The molecule has 3 N–H and O–H groups in total. The number of aromatic nitrogens is 2. The van der Waals surface area contributed by atoms with Gasteiger partial charge in [-0.2, -0.15) is 0 Å². The van der Waals surface area contributed by atoms with Crippen LogP contribution in [-0.4, -0.2) is 37.4 Å². The van der Waals surface area contributed by atoms with Crippen molar-refractivity contribution >= 4 is 62.1 Å². The molecule has 1 fully saturated rings. The second kappa shape index (κ2) is 9.49. The highest BCUT2D eigenvalue weighted by atomic mass is 35.5. The number of anilines is 2. The van der Waals surface area contributed by atoms with Crippen LogP contribution in [0.25, 0.3) is 11.5 Å². The third-order valence-electron chi connectivity index (χ3n) is 5.33. The number of aryl methyl sites for hydroxylation is 1. The van der Waals surface area contributed by atoms with Gasteiger partial charge in [-0.05, 0) is 31.0 Å². The van der Waals surface area contributed by atoms with Gasteiger partial charge in [0.1, 0.15) is 21.6 Å². The third-order valence-corrected chi connectivity index (χ3v) is 8.68. The molecule has 9 nitrogen and oxygen atoms in total. The van der Waals surface area contributed by atoms with Crippen molar-refractivity contribution < 1.29 is 17.6 Å². The van der Waals surface area contributed by atoms with Gasteiger partial charge in [-0.15, -0.1) is 11.3 Å². The summed E-state index contributed by atoms with van der Waals surface area (Å²) in [5.74, 6) is 0.827. The fraction of sp³-hybridized carbons (Fsp3) is 0.350. The number of rotatable bonds is 6. The van der Waals surface area contributed by atoms with Gasteiger partial charge in [-0.3, -0.25) is 4.79 Å². The molecule has 0 bridgehead atoms. The van der Waals surface area contributed by atoms with Crippen LogP contribution in [-0.2, 0) is 21.2 Å². The summed E-state index contributed by atoms with van der Waals surface area (Å²) in [6, 6.07) is 4.51. The van der Waals surface area contributed by atoms with Crippen LogP contribution >= 0.6 is 34.5 Å². The van der Waals surface area contributed by atoms with E-state index in [0.29, 0.717) is 59.0 Å². The van der Waals surface area contributed by atoms with Gasteiger partial charge in [-0.1, -0.05) is 30.1 Å². The van der Waals surface area contributed by atoms with Crippen LogP contribution in [0.2, 0.25) is 9.36 Å². The molecule has 1 aliphatic rings. The summed E-state index contributed by atoms with van der Waals surface area (Å²) in [4.78, 5) is 23.2. The van der Waals surface area contributed by atoms with Gasteiger partial charge in [0.25, 0.3) is 10.0 Å². The number of nitrogens with zero attached hydrogens (tertiary/aromatic N) is 3. The van der Waals surface area contributed by atoms with Crippen molar-refractivity contribution in [3.63, 3.8) is 0 Å². The Balaban J connectivity index is 1.42. The SMILES string of the molecule is CCc1cnc(-c2cc(Cl)c(N3CCC(C(=O)NS(=O)(=O)c4ccc(Cl)s4)CC3)nc2N)o1. The van der Waals surface area contributed by atoms with E-state index in [1.165, 1.54) is 12.1 Å². The summed E-state index contributed by atoms with van der Waals surface area (Å²) in [7, 11) is -3.94. The molecule has 4 rings (SSSR count). The van der Waals surface area contributed by atoms with Gasteiger partial charge in [0, 0.05) is 25.4 Å². The van der Waals surface area contributed by atoms with Crippen molar-refractivity contribution in [1.82, 2.24) is 14.7 Å². The number of carbonyl (C=O) groups excluding carboxylic acids is 1. The molecule has 3 aromatic heterocycles. The Morgan fingerprint density at radius 1 is 1.33 bits per heavy atom. The normalized spacial score (nSPS) is 15.1. The number of sulfonamides is 1. The summed E-state index contributed by atoms with van der Waals surface area (Å²) in [6.45, 7) is 2.89. The first-order valence-corrected chi connectivity index (χ1v) is 13.2. The maximum Gasteiger partial charge on any atom is 0.273 e. The molecule has 176 valence electrons. The average Bonchev–Trinajstić information content (AvgIpc) is 3.44. The van der Waals surface area contributed by atoms with Crippen LogP contribution in [0.1, 0.15) is 25.5 Å². The Hall–Kier alpha value is -2.34. The number of thiophene rings is 1. The minimum absolute atomic E-state index is 0.00179.